The molecule has 0 radical (unpaired) electrons. The van der Waals surface area contributed by atoms with Crippen LogP contribution in [-0.4, -0.2) is 141 Å². The highest BCUT2D eigenvalue weighted by atomic mass is 17.2. The fourth-order valence-electron chi connectivity index (χ4n) is 12.7. The third kappa shape index (κ3) is 52.5. The molecule has 0 heterocycles. The summed E-state index contributed by atoms with van der Waals surface area (Å²) in [7, 11) is 1.58. The van der Waals surface area contributed by atoms with Crippen LogP contribution in [0.5, 0.6) is 74.7 Å². The third-order valence-electron chi connectivity index (χ3n) is 20.7. The van der Waals surface area contributed by atoms with Gasteiger partial charge in [0.05, 0.1) is 120 Å². The first kappa shape index (κ1) is 122. The Bertz CT molecular complexity index is 5760. The van der Waals surface area contributed by atoms with E-state index >= 15 is 0 Å². The third-order valence-corrected chi connectivity index (χ3v) is 20.7. The predicted octanol–water partition coefficient (Wildman–Crippen LogP) is 23.7. The Hall–Kier alpha value is -16.5. The van der Waals surface area contributed by atoms with Gasteiger partial charge in [-0.05, 0) is 339 Å². The molecule has 0 aliphatic carbocycles. The molecule has 10 aromatic carbocycles. The van der Waals surface area contributed by atoms with E-state index in [9.17, 15) is 38.4 Å². The second kappa shape index (κ2) is 75.3. The highest BCUT2D eigenvalue weighted by molar-refractivity contribution is 5.93. The number of ether oxygens (including phenoxy) is 15. The first-order valence-electron chi connectivity index (χ1n) is 48.6. The maximum atomic E-state index is 12.7. The Morgan fingerprint density at radius 1 is 0.293 bits per heavy atom. The van der Waals surface area contributed by atoms with Gasteiger partial charge in [0.1, 0.15) is 83.1 Å². The first-order valence-corrected chi connectivity index (χ1v) is 48.6. The molecule has 10 rings (SSSR count). The van der Waals surface area contributed by atoms with Crippen LogP contribution in [0.3, 0.4) is 0 Å². The monoisotopic (exact) mass is 2060 g/mol. The van der Waals surface area contributed by atoms with Crippen LogP contribution in [-0.2, 0) is 80.7 Å². The Morgan fingerprint density at radius 2 is 0.553 bits per heavy atom. The number of carbonyl (C=O) groups excluding carboxylic acids is 8. The number of carbonyl (C=O) groups is 8. The van der Waals surface area contributed by atoms with Crippen molar-refractivity contribution in [2.45, 2.75) is 150 Å². The molecule has 32 heteroatoms. The van der Waals surface area contributed by atoms with Gasteiger partial charge in [0.25, 0.3) is 0 Å². The van der Waals surface area contributed by atoms with Gasteiger partial charge in [-0.15, -0.1) is 6.58 Å². The van der Waals surface area contributed by atoms with Gasteiger partial charge in [0.2, 0.25) is 0 Å². The minimum absolute atomic E-state index is 0. The molecule has 0 bridgehead atoms. The van der Waals surface area contributed by atoms with E-state index in [-0.39, 0.29) is 33.2 Å². The van der Waals surface area contributed by atoms with Crippen LogP contribution in [0.25, 0.3) is 0 Å². The molecule has 796 valence electrons. The van der Waals surface area contributed by atoms with Gasteiger partial charge in [0, 0.05) is 37.1 Å². The van der Waals surface area contributed by atoms with Crippen molar-refractivity contribution in [3.8, 4) is 93.3 Å². The van der Waals surface area contributed by atoms with Crippen molar-refractivity contribution < 1.29 is 149 Å². The number of unbranched alkanes of at least 4 members (excludes halogenated alkanes) is 12. The molecule has 0 amide bonds. The number of terminal acetylenes is 1. The summed E-state index contributed by atoms with van der Waals surface area (Å²) >= 11 is 0. The molecular weight excluding hydrogens is 1930 g/mol. The van der Waals surface area contributed by atoms with Crippen molar-refractivity contribution >= 4 is 47.8 Å². The van der Waals surface area contributed by atoms with Gasteiger partial charge in [-0.1, -0.05) is 76.9 Å². The zero-order valence-corrected chi connectivity index (χ0v) is 84.4. The number of aryl methyl sites for hydroxylation is 2. The summed E-state index contributed by atoms with van der Waals surface area (Å²) in [5.74, 6) is 3.95. The average Bonchev–Trinajstić information content (AvgIpc) is 0.850. The van der Waals surface area contributed by atoms with Crippen LogP contribution in [0.1, 0.15) is 192 Å². The largest absolute Gasteiger partial charge is 0.497 e. The molecule has 0 unspecified atom stereocenters. The van der Waals surface area contributed by atoms with Crippen LogP contribution < -0.4 is 61.9 Å². The fraction of sp³-hybridized carbons (Fsp3) is 0.314. The minimum atomic E-state index is -0.509. The topological polar surface area (TPSA) is 373 Å². The van der Waals surface area contributed by atoms with Crippen LogP contribution in [0.15, 0.2) is 294 Å². The number of rotatable bonds is 67. The second-order valence-electron chi connectivity index (χ2n) is 32.2. The molecule has 150 heavy (non-hydrogen) atoms. The van der Waals surface area contributed by atoms with Crippen molar-refractivity contribution in [3.05, 3.63) is 344 Å². The van der Waals surface area contributed by atoms with E-state index in [2.05, 4.69) is 37.8 Å². The molecule has 0 saturated carbocycles. The molecule has 0 atom stereocenters. The molecule has 0 N–H and O–H groups in total. The maximum Gasteiger partial charge on any atom is 0.343 e. The molecule has 0 aromatic heterocycles. The van der Waals surface area contributed by atoms with Gasteiger partial charge in [-0.3, -0.25) is 4.89 Å². The summed E-state index contributed by atoms with van der Waals surface area (Å²) in [5.41, 5.74) is 5.45. The minimum Gasteiger partial charge on any atom is -0.497 e. The van der Waals surface area contributed by atoms with E-state index in [0.29, 0.717) is 183 Å². The fourth-order valence-corrected chi connectivity index (χ4v) is 12.7. The van der Waals surface area contributed by atoms with Crippen molar-refractivity contribution in [3.63, 3.8) is 0 Å². The van der Waals surface area contributed by atoms with Crippen LogP contribution in [0.2, 0.25) is 0 Å². The summed E-state index contributed by atoms with van der Waals surface area (Å²) in [6.45, 7) is 27.0. The van der Waals surface area contributed by atoms with Crippen molar-refractivity contribution in [2.24, 2.45) is 0 Å². The number of nitrogens with zero attached hydrogens (tertiary/aromatic N) is 1. The van der Waals surface area contributed by atoms with E-state index in [1.807, 2.05) is 74.6 Å². The molecular formula is C118H133NO31. The summed E-state index contributed by atoms with van der Waals surface area (Å²) in [6, 6.07) is 67.3. The van der Waals surface area contributed by atoms with Crippen molar-refractivity contribution in [1.82, 2.24) is 0 Å². The number of nitriles is 1. The normalized spacial score (nSPS) is 10.2. The van der Waals surface area contributed by atoms with Crippen molar-refractivity contribution in [2.75, 3.05) is 93.0 Å². The van der Waals surface area contributed by atoms with Gasteiger partial charge >= 0.3 is 47.8 Å². The molecule has 0 aliphatic rings. The van der Waals surface area contributed by atoms with E-state index in [0.717, 1.165) is 161 Å². The van der Waals surface area contributed by atoms with Gasteiger partial charge in [-0.2, -0.15) is 19.9 Å². The molecule has 32 nitrogen and oxygen atoms in total. The molecule has 10 aromatic rings. The summed E-state index contributed by atoms with van der Waals surface area (Å²) in [6.07, 6.45) is 29.1. The zero-order chi connectivity index (χ0) is 107. The van der Waals surface area contributed by atoms with E-state index in [4.69, 9.17) is 117 Å². The molecule has 0 spiro atoms. The zero-order valence-electron chi connectivity index (χ0n) is 84.4. The van der Waals surface area contributed by atoms with Crippen LogP contribution in [0, 0.1) is 37.7 Å². The summed E-state index contributed by atoms with van der Waals surface area (Å²) < 4.78 is 80.6. The lowest BCUT2D eigenvalue weighted by Crippen LogP contribution is -2.09. The smallest absolute Gasteiger partial charge is 0.343 e. The quantitative estimate of drug-likeness (QED) is 0.00393. The number of hydrogen-bond donors (Lipinski definition) is 0. The molecule has 0 aliphatic heterocycles. The maximum absolute atomic E-state index is 12.7. The van der Waals surface area contributed by atoms with Gasteiger partial charge in [0.15, 0.2) is 17.6 Å². The van der Waals surface area contributed by atoms with E-state index in [1.165, 1.54) is 0 Å². The SMILES string of the molecule is C.C#COOCCCCCCOc1ccc(COOc2ccc(OC(=O)c3ccc(OCCCCCCOC(=O)C=C)cc3)cc2C)cc1.C=CC(=O)OCCCCCCOc1ccc(C(=O)Oc2ccc(C#N)cc2)cc1.C=CC(=O)OCCCCCCOc1ccc(C(=O)Oc2ccc(OC)cc2)cc1.C=CCOOCCCOc1ccc(COOc2ccc(OC(=O)c3ccc(OCCCOC(=O)C=C)cc3)cc2C)cc1. The number of hydrogen-bond acceptors (Lipinski definition) is 32. The molecule has 0 fully saturated rings. The lowest BCUT2D eigenvalue weighted by molar-refractivity contribution is -0.287. The Labute approximate surface area is 877 Å². The van der Waals surface area contributed by atoms with Gasteiger partial charge in [-0.25, -0.2) is 48.1 Å². The predicted molar refractivity (Wildman–Crippen MR) is 561 cm³/mol. The Balaban J connectivity index is 0.000000311. The van der Waals surface area contributed by atoms with Crippen molar-refractivity contribution in [1.29, 1.82) is 5.26 Å². The Kier molecular flexibility index (Phi) is 61.3. The first-order chi connectivity index (χ1) is 72.7. The Morgan fingerprint density at radius 3 is 0.853 bits per heavy atom. The second-order valence-corrected chi connectivity index (χ2v) is 32.2. The van der Waals surface area contributed by atoms with Gasteiger partial charge < -0.3 is 80.8 Å². The highest BCUT2D eigenvalue weighted by Gasteiger charge is 2.18. The number of methoxy groups -OCH3 is 1. The summed E-state index contributed by atoms with van der Waals surface area (Å²) in [5, 5.41) is 8.78. The van der Waals surface area contributed by atoms with E-state index in [1.54, 1.807) is 195 Å². The highest BCUT2D eigenvalue weighted by Crippen LogP contribution is 2.30. The lowest BCUT2D eigenvalue weighted by Gasteiger charge is -2.11. The standard InChI is InChI=1S/C38H44O10.C33H36O10.C23H23NO5.C23H26O6.CH4/c1-4-37(39)43-26-12-7-6-10-25-42-34-20-16-32(17-21-34)38(40)47-35-22-23-36(30(3)28-35)48-46-29-31-14-18-33(19-15-31)41-24-11-8-9-13-27-45-44-5-2;1-4-18-39-40-22-7-20-37-28-12-8-26(9-13-28)24-41-43-31-17-16-30(23-25(31)3)42-33(35)27-10-14-29(15-11-27)36-19-6-21-38-32(34)5-2;1-2-22(25)28-16-6-4-3-5-15-27-20-13-9-19(10-14-20)23(26)29-21-11-7-18(17-24)8-12-21;1-3-22(24)28-17-7-5-4-6-16-27-20-10-8-18(9-11-20)23(25)29-21-14-12-19(26-2)13-15-21;/h2,4,14-23,28H,1,6-13,24-27,29H2,3H3;4-5,8-17,23H,1-2,6-7,18-22,24H2,3H3;2,7-14H,1,3-6,15-16H2;3,8-15H,1,4-7,16-17H2,2H3;1H4. The lowest BCUT2D eigenvalue weighted by atomic mass is 10.2. The summed E-state index contributed by atoms with van der Waals surface area (Å²) in [4.78, 5) is 134. The number of esters is 8. The number of benzene rings is 10. The van der Waals surface area contributed by atoms with Crippen LogP contribution >= 0.6 is 0 Å². The van der Waals surface area contributed by atoms with E-state index < -0.39 is 41.8 Å². The average molecular weight is 2060 g/mol. The van der Waals surface area contributed by atoms with Crippen LogP contribution in [0.4, 0.5) is 0 Å². The molecule has 0 saturated heterocycles.